The van der Waals surface area contributed by atoms with Gasteiger partial charge >= 0.3 is 0 Å². The summed E-state index contributed by atoms with van der Waals surface area (Å²) >= 11 is 0. The van der Waals surface area contributed by atoms with Crippen LogP contribution < -0.4 is 9.80 Å². The molecule has 22 heavy (non-hydrogen) atoms. The van der Waals surface area contributed by atoms with Crippen molar-refractivity contribution >= 4 is 17.3 Å². The second-order valence-electron chi connectivity index (χ2n) is 5.89. The lowest BCUT2D eigenvalue weighted by atomic mass is 9.99. The summed E-state index contributed by atoms with van der Waals surface area (Å²) in [5.41, 5.74) is 3.23. The molecule has 1 heterocycles. The van der Waals surface area contributed by atoms with E-state index in [2.05, 4.69) is 18.0 Å². The average molecular weight is 294 g/mol. The molecule has 0 fully saturated rings. The number of fused-ring (bicyclic) bond motifs is 1. The number of hydrogen-bond donors (Lipinski definition) is 0. The van der Waals surface area contributed by atoms with Gasteiger partial charge in [0.1, 0.15) is 0 Å². The highest BCUT2D eigenvalue weighted by atomic mass is 16.2. The number of anilines is 2. The zero-order valence-corrected chi connectivity index (χ0v) is 13.2. The SMILES string of the molecule is CC(C(=O)N1CCCN(C)c2ccccc21)c1ccccc1. The number of carbonyl (C=O) groups excluding carboxylic acids is 1. The van der Waals surface area contributed by atoms with Crippen LogP contribution in [0, 0.1) is 0 Å². The molecule has 0 bridgehead atoms. The summed E-state index contributed by atoms with van der Waals surface area (Å²) in [6, 6.07) is 18.2. The molecular weight excluding hydrogens is 272 g/mol. The maximum Gasteiger partial charge on any atom is 0.234 e. The van der Waals surface area contributed by atoms with Crippen molar-refractivity contribution < 1.29 is 4.79 Å². The lowest BCUT2D eigenvalue weighted by molar-refractivity contribution is -0.119. The molecule has 0 saturated heterocycles. The van der Waals surface area contributed by atoms with Crippen molar-refractivity contribution in [2.75, 3.05) is 29.9 Å². The number of nitrogens with zero attached hydrogens (tertiary/aromatic N) is 2. The minimum atomic E-state index is -0.127. The van der Waals surface area contributed by atoms with Crippen molar-refractivity contribution in [1.82, 2.24) is 0 Å². The van der Waals surface area contributed by atoms with Crippen molar-refractivity contribution in [3.8, 4) is 0 Å². The summed E-state index contributed by atoms with van der Waals surface area (Å²) in [7, 11) is 2.09. The largest absolute Gasteiger partial charge is 0.373 e. The molecule has 0 radical (unpaired) electrons. The fourth-order valence-corrected chi connectivity index (χ4v) is 3.07. The number of carbonyl (C=O) groups is 1. The molecule has 1 aliphatic heterocycles. The molecule has 1 amide bonds. The van der Waals surface area contributed by atoms with Gasteiger partial charge in [-0.25, -0.2) is 0 Å². The van der Waals surface area contributed by atoms with Crippen LogP contribution in [0.15, 0.2) is 54.6 Å². The molecule has 0 spiro atoms. The summed E-state index contributed by atoms with van der Waals surface area (Å²) in [5, 5.41) is 0. The molecule has 1 unspecified atom stereocenters. The van der Waals surface area contributed by atoms with Gasteiger partial charge < -0.3 is 9.80 Å². The Balaban J connectivity index is 1.94. The number of rotatable bonds is 2. The molecule has 3 rings (SSSR count). The van der Waals surface area contributed by atoms with Gasteiger partial charge in [0.05, 0.1) is 17.3 Å². The molecule has 114 valence electrons. The highest BCUT2D eigenvalue weighted by Crippen LogP contribution is 2.33. The Bertz CT molecular complexity index is 653. The lowest BCUT2D eigenvalue weighted by Gasteiger charge is -2.27. The Hall–Kier alpha value is -2.29. The maximum atomic E-state index is 13.0. The van der Waals surface area contributed by atoms with E-state index < -0.39 is 0 Å². The average Bonchev–Trinajstić information content (AvgIpc) is 2.74. The smallest absolute Gasteiger partial charge is 0.234 e. The number of benzene rings is 2. The van der Waals surface area contributed by atoms with Crippen molar-refractivity contribution in [3.05, 3.63) is 60.2 Å². The van der Waals surface area contributed by atoms with E-state index in [0.717, 1.165) is 36.4 Å². The fraction of sp³-hybridized carbons (Fsp3) is 0.316. The first kappa shape index (κ1) is 14.6. The Kier molecular flexibility index (Phi) is 4.14. The van der Waals surface area contributed by atoms with Crippen LogP contribution in [0.3, 0.4) is 0 Å². The van der Waals surface area contributed by atoms with Crippen molar-refractivity contribution in [2.24, 2.45) is 0 Å². The van der Waals surface area contributed by atoms with Crippen LogP contribution in [-0.4, -0.2) is 26.0 Å². The highest BCUT2D eigenvalue weighted by molar-refractivity contribution is 6.00. The minimum absolute atomic E-state index is 0.127. The Labute approximate surface area is 132 Å². The Morgan fingerprint density at radius 1 is 0.955 bits per heavy atom. The minimum Gasteiger partial charge on any atom is -0.373 e. The first-order valence-corrected chi connectivity index (χ1v) is 7.85. The van der Waals surface area contributed by atoms with Gasteiger partial charge in [0, 0.05) is 20.1 Å². The quantitative estimate of drug-likeness (QED) is 0.844. The normalized spacial score (nSPS) is 15.9. The van der Waals surface area contributed by atoms with Crippen LogP contribution in [0.25, 0.3) is 0 Å². The number of amides is 1. The monoisotopic (exact) mass is 294 g/mol. The van der Waals surface area contributed by atoms with E-state index in [9.17, 15) is 4.79 Å². The third-order valence-corrected chi connectivity index (χ3v) is 4.40. The predicted octanol–water partition coefficient (Wildman–Crippen LogP) is 3.66. The van der Waals surface area contributed by atoms with E-state index in [1.54, 1.807) is 0 Å². The molecule has 2 aromatic rings. The zero-order chi connectivity index (χ0) is 15.5. The Morgan fingerprint density at radius 3 is 2.32 bits per heavy atom. The predicted molar refractivity (Wildman–Crippen MR) is 91.5 cm³/mol. The standard InChI is InChI=1S/C19H22N2O/c1-15(16-9-4-3-5-10-16)19(22)21-14-8-13-20(2)17-11-6-7-12-18(17)21/h3-7,9-12,15H,8,13-14H2,1-2H3. The van der Waals surface area contributed by atoms with Gasteiger partial charge in [0.2, 0.25) is 5.91 Å². The van der Waals surface area contributed by atoms with Crippen molar-refractivity contribution in [2.45, 2.75) is 19.3 Å². The van der Waals surface area contributed by atoms with Crippen LogP contribution in [0.2, 0.25) is 0 Å². The molecule has 0 aliphatic carbocycles. The van der Waals surface area contributed by atoms with Gasteiger partial charge in [0.25, 0.3) is 0 Å². The van der Waals surface area contributed by atoms with Gasteiger partial charge in [-0.15, -0.1) is 0 Å². The molecule has 0 saturated carbocycles. The summed E-state index contributed by atoms with van der Waals surface area (Å²) in [6.45, 7) is 3.74. The summed E-state index contributed by atoms with van der Waals surface area (Å²) in [5.74, 6) is 0.0478. The zero-order valence-electron chi connectivity index (χ0n) is 13.2. The molecule has 3 nitrogen and oxygen atoms in total. The summed E-state index contributed by atoms with van der Waals surface area (Å²) < 4.78 is 0. The van der Waals surface area contributed by atoms with Gasteiger partial charge in [-0.05, 0) is 31.0 Å². The van der Waals surface area contributed by atoms with E-state index in [4.69, 9.17) is 0 Å². The highest BCUT2D eigenvalue weighted by Gasteiger charge is 2.27. The van der Waals surface area contributed by atoms with Crippen LogP contribution >= 0.6 is 0 Å². The molecule has 3 heteroatoms. The summed E-state index contributed by atoms with van der Waals surface area (Å²) in [6.07, 6.45) is 0.985. The van der Waals surface area contributed by atoms with E-state index in [1.807, 2.05) is 60.4 Å². The van der Waals surface area contributed by atoms with E-state index in [-0.39, 0.29) is 11.8 Å². The number of hydrogen-bond acceptors (Lipinski definition) is 2. The number of para-hydroxylation sites is 2. The second-order valence-corrected chi connectivity index (χ2v) is 5.89. The summed E-state index contributed by atoms with van der Waals surface area (Å²) in [4.78, 5) is 17.2. The van der Waals surface area contributed by atoms with Crippen LogP contribution in [0.4, 0.5) is 11.4 Å². The molecule has 0 aromatic heterocycles. The van der Waals surface area contributed by atoms with Crippen LogP contribution in [-0.2, 0) is 4.79 Å². The second kappa shape index (κ2) is 6.22. The third kappa shape index (κ3) is 2.71. The first-order valence-electron chi connectivity index (χ1n) is 7.85. The third-order valence-electron chi connectivity index (χ3n) is 4.40. The van der Waals surface area contributed by atoms with E-state index in [0.29, 0.717) is 0 Å². The molecule has 1 aliphatic rings. The lowest BCUT2D eigenvalue weighted by Crippen LogP contribution is -2.34. The van der Waals surface area contributed by atoms with Crippen molar-refractivity contribution in [3.63, 3.8) is 0 Å². The van der Waals surface area contributed by atoms with E-state index >= 15 is 0 Å². The van der Waals surface area contributed by atoms with Gasteiger partial charge in [-0.3, -0.25) is 4.79 Å². The molecular formula is C19H22N2O. The van der Waals surface area contributed by atoms with Gasteiger partial charge in [-0.2, -0.15) is 0 Å². The van der Waals surface area contributed by atoms with Crippen LogP contribution in [0.1, 0.15) is 24.8 Å². The fourth-order valence-electron chi connectivity index (χ4n) is 3.07. The van der Waals surface area contributed by atoms with Gasteiger partial charge in [0.15, 0.2) is 0 Å². The van der Waals surface area contributed by atoms with Gasteiger partial charge in [-0.1, -0.05) is 42.5 Å². The molecule has 0 N–H and O–H groups in total. The van der Waals surface area contributed by atoms with E-state index in [1.165, 1.54) is 0 Å². The van der Waals surface area contributed by atoms with Crippen LogP contribution in [0.5, 0.6) is 0 Å². The molecule has 1 atom stereocenters. The maximum absolute atomic E-state index is 13.0. The Morgan fingerprint density at radius 2 is 1.59 bits per heavy atom. The topological polar surface area (TPSA) is 23.6 Å². The van der Waals surface area contributed by atoms with Crippen molar-refractivity contribution in [1.29, 1.82) is 0 Å². The molecule has 2 aromatic carbocycles. The first-order chi connectivity index (χ1) is 10.7.